The average Bonchev–Trinajstić information content (AvgIpc) is 3.26. The van der Waals surface area contributed by atoms with Gasteiger partial charge in [0.25, 0.3) is 0 Å². The van der Waals surface area contributed by atoms with Crippen LogP contribution in [-0.2, 0) is 19.1 Å². The van der Waals surface area contributed by atoms with Gasteiger partial charge in [0.1, 0.15) is 5.41 Å². The number of carboxylic acids is 2. The van der Waals surface area contributed by atoms with E-state index in [0.29, 0.717) is 19.6 Å². The highest BCUT2D eigenvalue weighted by Gasteiger charge is 2.51. The molecular formula is C14H16O6. The van der Waals surface area contributed by atoms with Crippen LogP contribution in [0.5, 0.6) is 0 Å². The van der Waals surface area contributed by atoms with E-state index in [4.69, 9.17) is 9.47 Å². The van der Waals surface area contributed by atoms with Crippen molar-refractivity contribution in [2.24, 2.45) is 11.3 Å². The number of hydrogen-bond acceptors (Lipinski definition) is 4. The molecule has 4 atom stereocenters. The summed E-state index contributed by atoms with van der Waals surface area (Å²) < 4.78 is 10.2. The molecule has 1 aliphatic carbocycles. The summed E-state index contributed by atoms with van der Waals surface area (Å²) in [4.78, 5) is 23.2. The van der Waals surface area contributed by atoms with Gasteiger partial charge < -0.3 is 19.7 Å². The number of carbonyl (C=O) groups is 2. The Kier molecular flexibility index (Phi) is 3.14. The minimum absolute atomic E-state index is 0.143. The van der Waals surface area contributed by atoms with Crippen LogP contribution in [0.15, 0.2) is 23.8 Å². The van der Waals surface area contributed by atoms with Crippen molar-refractivity contribution in [2.75, 3.05) is 13.2 Å². The highest BCUT2D eigenvalue weighted by molar-refractivity contribution is 5.87. The summed E-state index contributed by atoms with van der Waals surface area (Å²) in [5.41, 5.74) is -0.588. The number of hydrogen-bond donors (Lipinski definition) is 2. The molecule has 0 aromatic rings. The van der Waals surface area contributed by atoms with Gasteiger partial charge in [-0.05, 0) is 12.0 Å². The van der Waals surface area contributed by atoms with Gasteiger partial charge in [-0.3, -0.25) is 9.59 Å². The van der Waals surface area contributed by atoms with E-state index in [9.17, 15) is 19.8 Å². The number of carboxylic acid groups (broad SMARTS) is 2. The van der Waals surface area contributed by atoms with Crippen molar-refractivity contribution in [1.82, 2.24) is 0 Å². The van der Waals surface area contributed by atoms with Crippen LogP contribution < -0.4 is 0 Å². The minimum Gasteiger partial charge on any atom is -0.481 e. The second-order valence-electron chi connectivity index (χ2n) is 5.56. The van der Waals surface area contributed by atoms with Crippen LogP contribution in [0.1, 0.15) is 12.8 Å². The molecule has 0 amide bonds. The van der Waals surface area contributed by atoms with Gasteiger partial charge >= 0.3 is 11.9 Å². The van der Waals surface area contributed by atoms with E-state index in [1.165, 1.54) is 6.08 Å². The molecule has 108 valence electrons. The van der Waals surface area contributed by atoms with Crippen molar-refractivity contribution < 1.29 is 29.3 Å². The summed E-state index contributed by atoms with van der Waals surface area (Å²) >= 11 is 0. The molecule has 2 fully saturated rings. The third-order valence-corrected chi connectivity index (χ3v) is 4.03. The maximum absolute atomic E-state index is 11.7. The molecular weight excluding hydrogens is 264 g/mol. The van der Waals surface area contributed by atoms with Crippen molar-refractivity contribution >= 4 is 11.9 Å². The average molecular weight is 280 g/mol. The lowest BCUT2D eigenvalue weighted by Gasteiger charge is -2.33. The molecule has 2 saturated heterocycles. The molecule has 6 nitrogen and oxygen atoms in total. The lowest BCUT2D eigenvalue weighted by Crippen LogP contribution is -2.42. The lowest BCUT2D eigenvalue weighted by atomic mass is 9.68. The fourth-order valence-corrected chi connectivity index (χ4v) is 2.70. The van der Waals surface area contributed by atoms with Crippen LogP contribution in [0.2, 0.25) is 0 Å². The Labute approximate surface area is 115 Å². The Morgan fingerprint density at radius 1 is 1.25 bits per heavy atom. The summed E-state index contributed by atoms with van der Waals surface area (Å²) in [6, 6.07) is 0. The standard InChI is InChI=1S/C14H16O6/c15-12(16)11-4-8(3-9-6-19-9)1-2-14(11,13(17)18)5-10-7-20-10/h1-2,4,9-11H,3,5-7H2,(H,15,16)(H,17,18). The summed E-state index contributed by atoms with van der Waals surface area (Å²) in [5, 5.41) is 19.0. The predicted molar refractivity (Wildman–Crippen MR) is 67.1 cm³/mol. The third-order valence-electron chi connectivity index (χ3n) is 4.03. The zero-order chi connectivity index (χ0) is 14.3. The van der Waals surface area contributed by atoms with Gasteiger partial charge in [0.05, 0.1) is 31.3 Å². The lowest BCUT2D eigenvalue weighted by molar-refractivity contribution is -0.157. The second kappa shape index (κ2) is 4.71. The zero-order valence-electron chi connectivity index (χ0n) is 10.8. The molecule has 2 N–H and O–H groups in total. The van der Waals surface area contributed by atoms with Crippen LogP contribution in [0, 0.1) is 11.3 Å². The van der Waals surface area contributed by atoms with Crippen molar-refractivity contribution in [2.45, 2.75) is 25.0 Å². The number of rotatable bonds is 6. The maximum atomic E-state index is 11.7. The van der Waals surface area contributed by atoms with Gasteiger partial charge in [-0.25, -0.2) is 0 Å². The summed E-state index contributed by atoms with van der Waals surface area (Å²) in [7, 11) is 0. The van der Waals surface area contributed by atoms with E-state index in [-0.39, 0.29) is 18.6 Å². The zero-order valence-corrected chi connectivity index (χ0v) is 10.8. The molecule has 0 radical (unpaired) electrons. The highest BCUT2D eigenvalue weighted by Crippen LogP contribution is 2.43. The van der Waals surface area contributed by atoms with E-state index in [0.717, 1.165) is 5.57 Å². The number of epoxide rings is 2. The van der Waals surface area contributed by atoms with Gasteiger partial charge in [0.15, 0.2) is 0 Å². The SMILES string of the molecule is O=C(O)C1C=C(CC2CO2)C=CC1(CC1CO1)C(=O)O. The number of aliphatic carboxylic acids is 2. The molecule has 0 saturated carbocycles. The topological polar surface area (TPSA) is 99.7 Å². The molecule has 2 heterocycles. The van der Waals surface area contributed by atoms with E-state index >= 15 is 0 Å². The van der Waals surface area contributed by atoms with Gasteiger partial charge in [-0.1, -0.05) is 18.2 Å². The fourth-order valence-electron chi connectivity index (χ4n) is 2.70. The Balaban J connectivity index is 1.88. The second-order valence-corrected chi connectivity index (χ2v) is 5.56. The van der Waals surface area contributed by atoms with E-state index in [1.54, 1.807) is 12.2 Å². The number of ether oxygens (including phenoxy) is 2. The summed E-state index contributed by atoms with van der Waals surface area (Å²) in [5.74, 6) is -3.30. The molecule has 20 heavy (non-hydrogen) atoms. The minimum atomic E-state index is -1.42. The monoisotopic (exact) mass is 280 g/mol. The maximum Gasteiger partial charge on any atom is 0.314 e. The summed E-state index contributed by atoms with van der Waals surface area (Å²) in [6.45, 7) is 1.19. The first-order valence-corrected chi connectivity index (χ1v) is 6.60. The molecule has 0 bridgehead atoms. The molecule has 0 aromatic heterocycles. The van der Waals surface area contributed by atoms with Gasteiger partial charge in [-0.15, -0.1) is 0 Å². The van der Waals surface area contributed by atoms with Crippen molar-refractivity contribution in [3.63, 3.8) is 0 Å². The first-order valence-electron chi connectivity index (χ1n) is 6.60. The molecule has 6 heteroatoms. The van der Waals surface area contributed by atoms with E-state index in [2.05, 4.69) is 0 Å². The Morgan fingerprint density at radius 2 is 1.90 bits per heavy atom. The summed E-state index contributed by atoms with van der Waals surface area (Å²) in [6.07, 6.45) is 5.62. The van der Waals surface area contributed by atoms with Gasteiger partial charge in [0, 0.05) is 6.42 Å². The number of allylic oxidation sites excluding steroid dienone is 1. The third kappa shape index (κ3) is 2.48. The van der Waals surface area contributed by atoms with Crippen LogP contribution in [0.4, 0.5) is 0 Å². The van der Waals surface area contributed by atoms with Crippen LogP contribution in [0.25, 0.3) is 0 Å². The van der Waals surface area contributed by atoms with Crippen molar-refractivity contribution in [3.8, 4) is 0 Å². The van der Waals surface area contributed by atoms with Gasteiger partial charge in [0.2, 0.25) is 0 Å². The molecule has 4 unspecified atom stereocenters. The smallest absolute Gasteiger partial charge is 0.314 e. The first-order chi connectivity index (χ1) is 9.51. The van der Waals surface area contributed by atoms with Crippen LogP contribution in [0.3, 0.4) is 0 Å². The van der Waals surface area contributed by atoms with E-state index in [1.807, 2.05) is 0 Å². The highest BCUT2D eigenvalue weighted by atomic mass is 16.6. The molecule has 0 aromatic carbocycles. The van der Waals surface area contributed by atoms with Gasteiger partial charge in [-0.2, -0.15) is 0 Å². The van der Waals surface area contributed by atoms with Crippen LogP contribution in [-0.4, -0.2) is 47.6 Å². The van der Waals surface area contributed by atoms with E-state index < -0.39 is 23.3 Å². The van der Waals surface area contributed by atoms with Crippen molar-refractivity contribution in [1.29, 1.82) is 0 Å². The molecule has 2 aliphatic heterocycles. The normalized spacial score (nSPS) is 38.2. The fraction of sp³-hybridized carbons (Fsp3) is 0.571. The van der Waals surface area contributed by atoms with Crippen LogP contribution >= 0.6 is 0 Å². The quantitative estimate of drug-likeness (QED) is 0.699. The Morgan fingerprint density at radius 3 is 2.40 bits per heavy atom. The molecule has 0 spiro atoms. The largest absolute Gasteiger partial charge is 0.481 e. The first kappa shape index (κ1) is 13.3. The predicted octanol–water partition coefficient (Wildman–Crippen LogP) is 0.832. The Hall–Kier alpha value is -1.66. The van der Waals surface area contributed by atoms with Crippen molar-refractivity contribution in [3.05, 3.63) is 23.8 Å². The molecule has 3 aliphatic rings. The molecule has 3 rings (SSSR count). The Bertz CT molecular complexity index is 500.